The summed E-state index contributed by atoms with van der Waals surface area (Å²) >= 11 is 0. The molecule has 114 valence electrons. The molecule has 2 aromatic carbocycles. The maximum absolute atomic E-state index is 12.3. The zero-order valence-electron chi connectivity index (χ0n) is 13.2. The molecule has 0 aliphatic heterocycles. The van der Waals surface area contributed by atoms with Gasteiger partial charge < -0.3 is 4.74 Å². The van der Waals surface area contributed by atoms with Crippen LogP contribution in [0.3, 0.4) is 0 Å². The van der Waals surface area contributed by atoms with Crippen LogP contribution in [-0.2, 0) is 0 Å². The normalized spacial score (nSPS) is 10.3. The molecule has 0 aliphatic rings. The van der Waals surface area contributed by atoms with Crippen LogP contribution in [0.25, 0.3) is 0 Å². The van der Waals surface area contributed by atoms with Crippen LogP contribution in [0.1, 0.15) is 51.6 Å². The van der Waals surface area contributed by atoms with Crippen LogP contribution in [0.4, 0.5) is 0 Å². The molecule has 0 saturated heterocycles. The molecule has 0 spiro atoms. The van der Waals surface area contributed by atoms with Gasteiger partial charge in [0.25, 0.3) is 0 Å². The fourth-order valence-corrected chi connectivity index (χ4v) is 2.38. The molecule has 0 atom stereocenters. The zero-order chi connectivity index (χ0) is 16.1. The summed E-state index contributed by atoms with van der Waals surface area (Å²) in [5, 5.41) is 0. The van der Waals surface area contributed by atoms with Crippen LogP contribution in [-0.4, -0.2) is 11.8 Å². The summed E-state index contributed by atoms with van der Waals surface area (Å²) in [6.07, 6.45) is 1.21. The summed E-state index contributed by atoms with van der Waals surface area (Å²) in [5.41, 5.74) is 2.74. The van der Waals surface area contributed by atoms with E-state index in [1.165, 1.54) is 0 Å². The molecule has 0 bridgehead atoms. The number of Topliss-reactive ketones (excluding diaryl/α,β-unsaturated/α-hetero) is 1. The van der Waals surface area contributed by atoms with Crippen molar-refractivity contribution in [3.05, 3.63) is 64.7 Å². The molecule has 3 heteroatoms. The molecule has 0 N–H and O–H groups in total. The van der Waals surface area contributed by atoms with E-state index in [4.69, 9.17) is 4.74 Å². The Hall–Kier alpha value is -2.42. The smallest absolute Gasteiger partial charge is 0.343 e. The summed E-state index contributed by atoms with van der Waals surface area (Å²) in [6, 6.07) is 12.5. The van der Waals surface area contributed by atoms with E-state index in [0.29, 0.717) is 23.3 Å². The van der Waals surface area contributed by atoms with E-state index in [2.05, 4.69) is 0 Å². The molecule has 0 aliphatic carbocycles. The van der Waals surface area contributed by atoms with Crippen molar-refractivity contribution in [1.82, 2.24) is 0 Å². The van der Waals surface area contributed by atoms with Gasteiger partial charge in [0.05, 0.1) is 11.1 Å². The standard InChI is InChI=1S/C19H20O3/c1-4-8-17(20)16-12-13(2)11-14(3)18(16)22-19(21)15-9-6-5-7-10-15/h5-7,9-12H,4,8H2,1-3H3. The number of ether oxygens (including phenoxy) is 1. The SMILES string of the molecule is CCCC(=O)c1cc(C)cc(C)c1OC(=O)c1ccccc1. The first-order valence-corrected chi connectivity index (χ1v) is 7.44. The third kappa shape index (κ3) is 3.61. The van der Waals surface area contributed by atoms with Gasteiger partial charge in [-0.1, -0.05) is 31.2 Å². The lowest BCUT2D eigenvalue weighted by Gasteiger charge is -2.13. The largest absolute Gasteiger partial charge is 0.422 e. The maximum atomic E-state index is 12.3. The summed E-state index contributed by atoms with van der Waals surface area (Å²) in [6.45, 7) is 5.73. The Labute approximate surface area is 130 Å². The third-order valence-electron chi connectivity index (χ3n) is 3.40. The Kier molecular flexibility index (Phi) is 5.10. The average Bonchev–Trinajstić information content (AvgIpc) is 2.50. The van der Waals surface area contributed by atoms with Gasteiger partial charge >= 0.3 is 5.97 Å². The van der Waals surface area contributed by atoms with Gasteiger partial charge in [0.2, 0.25) is 0 Å². The highest BCUT2D eigenvalue weighted by Crippen LogP contribution is 2.28. The lowest BCUT2D eigenvalue weighted by atomic mass is 10.00. The summed E-state index contributed by atoms with van der Waals surface area (Å²) in [7, 11) is 0. The number of carbonyl (C=O) groups is 2. The molecule has 0 aromatic heterocycles. The maximum Gasteiger partial charge on any atom is 0.343 e. The van der Waals surface area contributed by atoms with E-state index in [1.54, 1.807) is 30.3 Å². The van der Waals surface area contributed by atoms with Crippen LogP contribution in [0.5, 0.6) is 5.75 Å². The van der Waals surface area contributed by atoms with E-state index in [-0.39, 0.29) is 5.78 Å². The highest BCUT2D eigenvalue weighted by Gasteiger charge is 2.18. The Morgan fingerprint density at radius 3 is 2.36 bits per heavy atom. The van der Waals surface area contributed by atoms with Crippen molar-refractivity contribution in [2.24, 2.45) is 0 Å². The number of carbonyl (C=O) groups excluding carboxylic acids is 2. The summed E-state index contributed by atoms with van der Waals surface area (Å²) < 4.78 is 5.53. The molecule has 2 aromatic rings. The van der Waals surface area contributed by atoms with Gasteiger partial charge in [-0.25, -0.2) is 4.79 Å². The Balaban J connectivity index is 2.37. The number of aryl methyl sites for hydroxylation is 2. The lowest BCUT2D eigenvalue weighted by Crippen LogP contribution is -2.13. The number of rotatable bonds is 5. The number of benzene rings is 2. The number of ketones is 1. The minimum Gasteiger partial charge on any atom is -0.422 e. The van der Waals surface area contributed by atoms with Crippen molar-refractivity contribution in [3.8, 4) is 5.75 Å². The predicted molar refractivity (Wildman–Crippen MR) is 86.6 cm³/mol. The first-order valence-electron chi connectivity index (χ1n) is 7.44. The molecule has 22 heavy (non-hydrogen) atoms. The molecule has 0 fully saturated rings. The van der Waals surface area contributed by atoms with Gasteiger partial charge in [-0.05, 0) is 49.6 Å². The average molecular weight is 296 g/mol. The highest BCUT2D eigenvalue weighted by atomic mass is 16.5. The van der Waals surface area contributed by atoms with Crippen LogP contribution >= 0.6 is 0 Å². The second-order valence-corrected chi connectivity index (χ2v) is 5.39. The minimum absolute atomic E-state index is 0.00478. The molecule has 0 saturated carbocycles. The summed E-state index contributed by atoms with van der Waals surface area (Å²) in [4.78, 5) is 24.5. The molecule has 3 nitrogen and oxygen atoms in total. The van der Waals surface area contributed by atoms with Crippen molar-refractivity contribution in [3.63, 3.8) is 0 Å². The molecular formula is C19H20O3. The van der Waals surface area contributed by atoms with Crippen LogP contribution in [0.15, 0.2) is 42.5 Å². The second kappa shape index (κ2) is 7.03. The van der Waals surface area contributed by atoms with E-state index in [0.717, 1.165) is 17.5 Å². The first-order chi connectivity index (χ1) is 10.5. The molecule has 2 rings (SSSR count). The molecular weight excluding hydrogens is 276 g/mol. The van der Waals surface area contributed by atoms with E-state index in [1.807, 2.05) is 32.9 Å². The van der Waals surface area contributed by atoms with Gasteiger partial charge in [-0.3, -0.25) is 4.79 Å². The van der Waals surface area contributed by atoms with Gasteiger partial charge in [0.15, 0.2) is 5.78 Å². The van der Waals surface area contributed by atoms with Crippen molar-refractivity contribution in [1.29, 1.82) is 0 Å². The van der Waals surface area contributed by atoms with Gasteiger partial charge in [0, 0.05) is 6.42 Å². The fourth-order valence-electron chi connectivity index (χ4n) is 2.38. The Bertz CT molecular complexity index is 687. The van der Waals surface area contributed by atoms with Gasteiger partial charge in [-0.2, -0.15) is 0 Å². The van der Waals surface area contributed by atoms with Crippen molar-refractivity contribution < 1.29 is 14.3 Å². The number of hydrogen-bond acceptors (Lipinski definition) is 3. The number of esters is 1. The predicted octanol–water partition coefficient (Wildman–Crippen LogP) is 4.51. The third-order valence-corrected chi connectivity index (χ3v) is 3.40. The first kappa shape index (κ1) is 16.0. The summed E-state index contributed by atoms with van der Waals surface area (Å²) in [5.74, 6) is -0.0684. The Morgan fingerprint density at radius 1 is 1.05 bits per heavy atom. The highest BCUT2D eigenvalue weighted by molar-refractivity contribution is 6.01. The van der Waals surface area contributed by atoms with Crippen molar-refractivity contribution >= 4 is 11.8 Å². The lowest BCUT2D eigenvalue weighted by molar-refractivity contribution is 0.0731. The quantitative estimate of drug-likeness (QED) is 0.463. The van der Waals surface area contributed by atoms with Crippen molar-refractivity contribution in [2.45, 2.75) is 33.6 Å². The topological polar surface area (TPSA) is 43.4 Å². The number of hydrogen-bond donors (Lipinski definition) is 0. The molecule has 0 radical (unpaired) electrons. The monoisotopic (exact) mass is 296 g/mol. The fraction of sp³-hybridized carbons (Fsp3) is 0.263. The zero-order valence-corrected chi connectivity index (χ0v) is 13.2. The van der Waals surface area contributed by atoms with Crippen LogP contribution in [0, 0.1) is 13.8 Å². The van der Waals surface area contributed by atoms with Crippen LogP contribution < -0.4 is 4.74 Å². The van der Waals surface area contributed by atoms with E-state index in [9.17, 15) is 9.59 Å². The van der Waals surface area contributed by atoms with E-state index >= 15 is 0 Å². The molecule has 0 unspecified atom stereocenters. The molecule has 0 heterocycles. The van der Waals surface area contributed by atoms with E-state index < -0.39 is 5.97 Å². The minimum atomic E-state index is -0.446. The van der Waals surface area contributed by atoms with Gasteiger partial charge in [0.1, 0.15) is 5.75 Å². The van der Waals surface area contributed by atoms with Crippen LogP contribution in [0.2, 0.25) is 0 Å². The van der Waals surface area contributed by atoms with Gasteiger partial charge in [-0.15, -0.1) is 0 Å². The Morgan fingerprint density at radius 2 is 1.73 bits per heavy atom. The second-order valence-electron chi connectivity index (χ2n) is 5.39. The van der Waals surface area contributed by atoms with Crippen molar-refractivity contribution in [2.75, 3.05) is 0 Å². The molecule has 0 amide bonds.